The minimum absolute atomic E-state index is 0.175. The molecular weight excluding hydrogens is 212 g/mol. The molecule has 2 aromatic carbocycles. The Balaban J connectivity index is 2.60. The van der Waals surface area contributed by atoms with E-state index in [1.165, 1.54) is 0 Å². The fourth-order valence-corrected chi connectivity index (χ4v) is 1.99. The third-order valence-electron chi connectivity index (χ3n) is 2.80. The van der Waals surface area contributed by atoms with Crippen molar-refractivity contribution < 1.29 is 0 Å². The molecule has 0 atom stereocenters. The van der Waals surface area contributed by atoms with E-state index in [9.17, 15) is 0 Å². The highest BCUT2D eigenvalue weighted by molar-refractivity contribution is 6.12. The Kier molecular flexibility index (Phi) is 1.92. The van der Waals surface area contributed by atoms with Crippen molar-refractivity contribution in [2.24, 2.45) is 0 Å². The van der Waals surface area contributed by atoms with Crippen LogP contribution in [0.1, 0.15) is 5.69 Å². The highest BCUT2D eigenvalue weighted by Gasteiger charge is 2.09. The first-order chi connectivity index (χ1) is 8.31. The molecule has 4 heteroatoms. The molecule has 3 rings (SSSR count). The number of nitrogens with zero attached hydrogens (tertiary/aromatic N) is 3. The highest BCUT2D eigenvalue weighted by Crippen LogP contribution is 2.29. The molecule has 0 spiro atoms. The minimum atomic E-state index is 0.175. The van der Waals surface area contributed by atoms with Gasteiger partial charge in [-0.3, -0.25) is 0 Å². The lowest BCUT2D eigenvalue weighted by molar-refractivity contribution is 1.06. The lowest BCUT2D eigenvalue weighted by Gasteiger charge is -2.05. The predicted octanol–water partition coefficient (Wildman–Crippen LogP) is 2.24. The smallest absolute Gasteiger partial charge is 0.186 e. The second-order valence-electron chi connectivity index (χ2n) is 3.75. The van der Waals surface area contributed by atoms with Gasteiger partial charge in [-0.2, -0.15) is 5.26 Å². The molecule has 0 bridgehead atoms. The van der Waals surface area contributed by atoms with Gasteiger partial charge in [-0.05, 0) is 16.8 Å². The molecule has 0 saturated carbocycles. The van der Waals surface area contributed by atoms with Crippen molar-refractivity contribution in [2.45, 2.75) is 0 Å². The topological polar surface area (TPSA) is 75.6 Å². The van der Waals surface area contributed by atoms with Crippen LogP contribution in [0.25, 0.3) is 21.7 Å². The monoisotopic (exact) mass is 220 g/mol. The van der Waals surface area contributed by atoms with Crippen LogP contribution in [0, 0.1) is 11.3 Å². The number of nitrogens with two attached hydrogens (primary N) is 1. The molecule has 4 nitrogen and oxygen atoms in total. The van der Waals surface area contributed by atoms with E-state index >= 15 is 0 Å². The van der Waals surface area contributed by atoms with Crippen molar-refractivity contribution in [1.29, 1.82) is 5.26 Å². The van der Waals surface area contributed by atoms with E-state index in [-0.39, 0.29) is 5.69 Å². The van der Waals surface area contributed by atoms with Gasteiger partial charge in [0.05, 0.1) is 11.2 Å². The van der Waals surface area contributed by atoms with Crippen LogP contribution in [-0.2, 0) is 0 Å². The number of anilines is 1. The summed E-state index contributed by atoms with van der Waals surface area (Å²) >= 11 is 0. The summed E-state index contributed by atoms with van der Waals surface area (Å²) in [5.74, 6) is 0. The van der Waals surface area contributed by atoms with Gasteiger partial charge in [0.25, 0.3) is 0 Å². The summed E-state index contributed by atoms with van der Waals surface area (Å²) in [4.78, 5) is 0. The first-order valence-electron chi connectivity index (χ1n) is 5.15. The summed E-state index contributed by atoms with van der Waals surface area (Å²) in [6, 6.07) is 13.7. The van der Waals surface area contributed by atoms with Crippen molar-refractivity contribution >= 4 is 27.4 Å². The molecule has 0 aliphatic carbocycles. The van der Waals surface area contributed by atoms with Crippen LogP contribution in [0.5, 0.6) is 0 Å². The molecule has 0 radical (unpaired) electrons. The fourth-order valence-electron chi connectivity index (χ4n) is 1.99. The lowest BCUT2D eigenvalue weighted by Crippen LogP contribution is -1.98. The molecule has 3 aromatic rings. The van der Waals surface area contributed by atoms with Crippen LogP contribution in [0.15, 0.2) is 36.4 Å². The van der Waals surface area contributed by atoms with E-state index in [0.717, 1.165) is 16.2 Å². The van der Waals surface area contributed by atoms with Gasteiger partial charge in [0.1, 0.15) is 6.07 Å². The van der Waals surface area contributed by atoms with Gasteiger partial charge in [0, 0.05) is 5.39 Å². The SMILES string of the molecule is N#Cc1nnc2ccc3ccccc3c2c1N. The first kappa shape index (κ1) is 9.55. The number of nitriles is 1. The van der Waals surface area contributed by atoms with Gasteiger partial charge in [-0.15, -0.1) is 10.2 Å². The lowest BCUT2D eigenvalue weighted by atomic mass is 10.0. The molecule has 0 aliphatic rings. The largest absolute Gasteiger partial charge is 0.396 e. The Labute approximate surface area is 97.3 Å². The molecular formula is C13H8N4. The van der Waals surface area contributed by atoms with Crippen LogP contribution in [0.3, 0.4) is 0 Å². The van der Waals surface area contributed by atoms with Crippen molar-refractivity contribution in [2.75, 3.05) is 5.73 Å². The molecule has 0 amide bonds. The molecule has 0 saturated heterocycles. The van der Waals surface area contributed by atoms with Gasteiger partial charge in [0.2, 0.25) is 0 Å². The summed E-state index contributed by atoms with van der Waals surface area (Å²) < 4.78 is 0. The Morgan fingerprint density at radius 2 is 1.88 bits per heavy atom. The number of fused-ring (bicyclic) bond motifs is 3. The summed E-state index contributed by atoms with van der Waals surface area (Å²) in [7, 11) is 0. The van der Waals surface area contributed by atoms with Crippen LogP contribution < -0.4 is 5.73 Å². The number of hydrogen-bond acceptors (Lipinski definition) is 4. The second-order valence-corrected chi connectivity index (χ2v) is 3.75. The second kappa shape index (κ2) is 3.42. The Hall–Kier alpha value is -2.67. The maximum atomic E-state index is 8.92. The summed E-state index contributed by atoms with van der Waals surface area (Å²) in [5.41, 5.74) is 7.25. The number of aromatic nitrogens is 2. The van der Waals surface area contributed by atoms with E-state index in [4.69, 9.17) is 11.0 Å². The molecule has 1 heterocycles. The molecule has 17 heavy (non-hydrogen) atoms. The number of rotatable bonds is 0. The van der Waals surface area contributed by atoms with Crippen LogP contribution in [0.2, 0.25) is 0 Å². The Bertz CT molecular complexity index is 771. The van der Waals surface area contributed by atoms with Gasteiger partial charge in [0.15, 0.2) is 5.69 Å². The summed E-state index contributed by atoms with van der Waals surface area (Å²) in [5, 5.41) is 19.6. The van der Waals surface area contributed by atoms with Gasteiger partial charge >= 0.3 is 0 Å². The zero-order chi connectivity index (χ0) is 11.8. The zero-order valence-electron chi connectivity index (χ0n) is 8.88. The van der Waals surface area contributed by atoms with Gasteiger partial charge < -0.3 is 5.73 Å². The summed E-state index contributed by atoms with van der Waals surface area (Å²) in [6.07, 6.45) is 0. The van der Waals surface area contributed by atoms with E-state index in [2.05, 4.69) is 10.2 Å². The van der Waals surface area contributed by atoms with Gasteiger partial charge in [-0.1, -0.05) is 30.3 Å². The molecule has 80 valence electrons. The highest BCUT2D eigenvalue weighted by atomic mass is 15.1. The first-order valence-corrected chi connectivity index (χ1v) is 5.15. The number of benzene rings is 2. The Morgan fingerprint density at radius 1 is 1.06 bits per heavy atom. The standard InChI is InChI=1S/C13H8N4/c14-7-11-13(15)12-9-4-2-1-3-8(9)5-6-10(12)16-17-11/h1-6H,(H2,15,16). The molecule has 0 unspecified atom stereocenters. The molecule has 0 aliphatic heterocycles. The van der Waals surface area contributed by atoms with E-state index in [0.29, 0.717) is 11.2 Å². The van der Waals surface area contributed by atoms with Crippen molar-refractivity contribution in [3.05, 3.63) is 42.1 Å². The van der Waals surface area contributed by atoms with Crippen molar-refractivity contribution in [1.82, 2.24) is 10.2 Å². The summed E-state index contributed by atoms with van der Waals surface area (Å²) in [6.45, 7) is 0. The maximum absolute atomic E-state index is 8.92. The molecule has 2 N–H and O–H groups in total. The number of hydrogen-bond donors (Lipinski definition) is 1. The average Bonchev–Trinajstić information content (AvgIpc) is 2.38. The van der Waals surface area contributed by atoms with Crippen molar-refractivity contribution in [3.8, 4) is 6.07 Å². The third kappa shape index (κ3) is 1.30. The molecule has 0 fully saturated rings. The van der Waals surface area contributed by atoms with Crippen LogP contribution in [0.4, 0.5) is 5.69 Å². The number of nitrogen functional groups attached to an aromatic ring is 1. The Morgan fingerprint density at radius 3 is 2.71 bits per heavy atom. The minimum Gasteiger partial charge on any atom is -0.396 e. The molecule has 1 aromatic heterocycles. The average molecular weight is 220 g/mol. The van der Waals surface area contributed by atoms with Crippen LogP contribution in [-0.4, -0.2) is 10.2 Å². The normalized spacial score (nSPS) is 10.5. The van der Waals surface area contributed by atoms with Gasteiger partial charge in [-0.25, -0.2) is 0 Å². The van der Waals surface area contributed by atoms with E-state index < -0.39 is 0 Å². The third-order valence-corrected chi connectivity index (χ3v) is 2.80. The zero-order valence-corrected chi connectivity index (χ0v) is 8.88. The quantitative estimate of drug-likeness (QED) is 0.589. The maximum Gasteiger partial charge on any atom is 0.186 e. The fraction of sp³-hybridized carbons (Fsp3) is 0. The van der Waals surface area contributed by atoms with Crippen LogP contribution >= 0.6 is 0 Å². The van der Waals surface area contributed by atoms with E-state index in [1.807, 2.05) is 42.5 Å². The predicted molar refractivity (Wildman–Crippen MR) is 66.2 cm³/mol. The van der Waals surface area contributed by atoms with Crippen molar-refractivity contribution in [3.63, 3.8) is 0 Å². The van der Waals surface area contributed by atoms with E-state index in [1.54, 1.807) is 0 Å².